The number of nitrogens with zero attached hydrogens (tertiary/aromatic N) is 6. The Morgan fingerprint density at radius 3 is 2.69 bits per heavy atom. The van der Waals surface area contributed by atoms with Gasteiger partial charge in [0.25, 0.3) is 5.56 Å². The van der Waals surface area contributed by atoms with Crippen LogP contribution in [-0.2, 0) is 11.3 Å². The molecule has 0 amide bonds. The van der Waals surface area contributed by atoms with Gasteiger partial charge >= 0.3 is 0 Å². The quantitative estimate of drug-likeness (QED) is 0.369. The van der Waals surface area contributed by atoms with Gasteiger partial charge in [-0.1, -0.05) is 0 Å². The van der Waals surface area contributed by atoms with Crippen LogP contribution in [0.2, 0.25) is 0 Å². The van der Waals surface area contributed by atoms with Crippen LogP contribution in [0, 0.1) is 5.82 Å². The number of H-pyrrole nitrogens is 1. The lowest BCUT2D eigenvalue weighted by molar-refractivity contribution is 0.0906. The molecule has 10 nitrogen and oxygen atoms in total. The minimum absolute atomic E-state index is 0.0480. The molecule has 2 aliphatic rings. The SMILES string of the molecule is CCOc1ccc2[nH]c(=O)c(C(c3nnnn3CC3CCCO3)N3CCN(c4ccc(F)cc4)CC3)cc2c1. The summed E-state index contributed by atoms with van der Waals surface area (Å²) in [7, 11) is 0. The van der Waals surface area contributed by atoms with Crippen molar-refractivity contribution in [2.24, 2.45) is 0 Å². The molecule has 4 aromatic rings. The number of anilines is 1. The fraction of sp³-hybridized carbons (Fsp3) is 0.429. The molecule has 0 saturated carbocycles. The Labute approximate surface area is 225 Å². The summed E-state index contributed by atoms with van der Waals surface area (Å²) in [5.41, 5.74) is 2.12. The van der Waals surface area contributed by atoms with Crippen LogP contribution in [0.15, 0.2) is 53.3 Å². The molecular weight excluding hydrogens is 501 g/mol. The lowest BCUT2D eigenvalue weighted by atomic mass is 10.0. The van der Waals surface area contributed by atoms with Crippen LogP contribution in [0.4, 0.5) is 10.1 Å². The monoisotopic (exact) mass is 533 g/mol. The summed E-state index contributed by atoms with van der Waals surface area (Å²) < 4.78 is 26.8. The number of aromatic nitrogens is 5. The van der Waals surface area contributed by atoms with Gasteiger partial charge in [0, 0.05) is 54.9 Å². The molecule has 204 valence electrons. The molecule has 4 heterocycles. The minimum atomic E-state index is -0.458. The molecule has 11 heteroatoms. The average Bonchev–Trinajstić information content (AvgIpc) is 3.63. The molecule has 0 aliphatic carbocycles. The molecule has 2 saturated heterocycles. The summed E-state index contributed by atoms with van der Waals surface area (Å²) in [4.78, 5) is 21.1. The Bertz CT molecular complexity index is 1470. The second kappa shape index (κ2) is 11.1. The second-order valence-electron chi connectivity index (χ2n) is 9.99. The maximum Gasteiger partial charge on any atom is 0.253 e. The molecule has 6 rings (SSSR count). The highest BCUT2D eigenvalue weighted by Crippen LogP contribution is 2.30. The van der Waals surface area contributed by atoms with Gasteiger partial charge in [0.1, 0.15) is 17.6 Å². The topological polar surface area (TPSA) is 101 Å². The zero-order valence-electron chi connectivity index (χ0n) is 21.9. The van der Waals surface area contributed by atoms with E-state index in [0.717, 1.165) is 54.9 Å². The number of benzene rings is 2. The number of fused-ring (bicyclic) bond motifs is 1. The van der Waals surface area contributed by atoms with Crippen molar-refractivity contribution < 1.29 is 13.9 Å². The van der Waals surface area contributed by atoms with E-state index in [1.165, 1.54) is 12.1 Å². The van der Waals surface area contributed by atoms with Crippen molar-refractivity contribution in [1.29, 1.82) is 0 Å². The van der Waals surface area contributed by atoms with Gasteiger partial charge in [-0.15, -0.1) is 5.10 Å². The first-order valence-electron chi connectivity index (χ1n) is 13.5. The van der Waals surface area contributed by atoms with Gasteiger partial charge in [0.15, 0.2) is 5.82 Å². The third-order valence-electron chi connectivity index (χ3n) is 7.53. The van der Waals surface area contributed by atoms with Crippen LogP contribution in [0.3, 0.4) is 0 Å². The molecule has 1 N–H and O–H groups in total. The standard InChI is InChI=1S/C28H32FN7O3/c1-2-38-22-9-10-25-19(16-22)17-24(28(37)30-25)26(27-31-32-33-36(27)18-23-4-3-15-39-23)35-13-11-34(12-14-35)21-7-5-20(29)6-8-21/h5-10,16-17,23,26H,2-4,11-15,18H2,1H3,(H,30,37). The van der Waals surface area contributed by atoms with Gasteiger partial charge in [0.2, 0.25) is 0 Å². The maximum atomic E-state index is 13.5. The normalized spacial score (nSPS) is 19.0. The van der Waals surface area contributed by atoms with E-state index in [0.29, 0.717) is 37.6 Å². The number of halogens is 1. The Morgan fingerprint density at radius 1 is 1.13 bits per heavy atom. The van der Waals surface area contributed by atoms with Crippen LogP contribution in [-0.4, -0.2) is 75.6 Å². The number of ether oxygens (including phenoxy) is 2. The summed E-state index contributed by atoms with van der Waals surface area (Å²) >= 11 is 0. The molecule has 2 aromatic carbocycles. The third-order valence-corrected chi connectivity index (χ3v) is 7.53. The summed E-state index contributed by atoms with van der Waals surface area (Å²) in [6.07, 6.45) is 2.02. The number of rotatable bonds is 8. The molecule has 2 aromatic heterocycles. The Kier molecular flexibility index (Phi) is 7.25. The minimum Gasteiger partial charge on any atom is -0.494 e. The summed E-state index contributed by atoms with van der Waals surface area (Å²) in [5.74, 6) is 1.11. The molecule has 2 fully saturated rings. The van der Waals surface area contributed by atoms with Crippen LogP contribution in [0.5, 0.6) is 5.75 Å². The Morgan fingerprint density at radius 2 is 1.95 bits per heavy atom. The third kappa shape index (κ3) is 5.37. The van der Waals surface area contributed by atoms with Crippen LogP contribution >= 0.6 is 0 Å². The van der Waals surface area contributed by atoms with Crippen LogP contribution in [0.25, 0.3) is 10.9 Å². The van der Waals surface area contributed by atoms with Gasteiger partial charge in [-0.05, 0) is 78.7 Å². The van der Waals surface area contributed by atoms with E-state index >= 15 is 0 Å². The predicted octanol–water partition coefficient (Wildman–Crippen LogP) is 3.14. The Hall–Kier alpha value is -3.83. The van der Waals surface area contributed by atoms with Crippen molar-refractivity contribution in [3.05, 3.63) is 76.1 Å². The molecule has 0 radical (unpaired) electrons. The number of aromatic amines is 1. The number of pyridine rings is 1. The van der Waals surface area contributed by atoms with E-state index in [1.807, 2.05) is 31.2 Å². The van der Waals surface area contributed by atoms with Crippen LogP contribution < -0.4 is 15.2 Å². The van der Waals surface area contributed by atoms with Gasteiger partial charge in [-0.25, -0.2) is 9.07 Å². The van der Waals surface area contributed by atoms with Crippen LogP contribution in [0.1, 0.15) is 37.2 Å². The predicted molar refractivity (Wildman–Crippen MR) is 145 cm³/mol. The van der Waals surface area contributed by atoms with E-state index in [-0.39, 0.29) is 17.5 Å². The van der Waals surface area contributed by atoms with Crippen molar-refractivity contribution in [2.45, 2.75) is 38.5 Å². The van der Waals surface area contributed by atoms with E-state index < -0.39 is 6.04 Å². The lowest BCUT2D eigenvalue weighted by Gasteiger charge is -2.39. The summed E-state index contributed by atoms with van der Waals surface area (Å²) in [6, 6.07) is 13.7. The fourth-order valence-electron chi connectivity index (χ4n) is 5.57. The summed E-state index contributed by atoms with van der Waals surface area (Å²) in [5, 5.41) is 13.6. The number of hydrogen-bond acceptors (Lipinski definition) is 8. The first-order valence-corrected chi connectivity index (χ1v) is 13.5. The number of hydrogen-bond donors (Lipinski definition) is 1. The number of tetrazole rings is 1. The van der Waals surface area contributed by atoms with Gasteiger partial charge in [-0.3, -0.25) is 9.69 Å². The van der Waals surface area contributed by atoms with Gasteiger partial charge in [0.05, 0.1) is 19.3 Å². The molecule has 0 spiro atoms. The first kappa shape index (κ1) is 25.4. The number of piperazine rings is 1. The zero-order valence-corrected chi connectivity index (χ0v) is 21.9. The van der Waals surface area contributed by atoms with Crippen molar-refractivity contribution in [3.63, 3.8) is 0 Å². The smallest absolute Gasteiger partial charge is 0.253 e. The largest absolute Gasteiger partial charge is 0.494 e. The maximum absolute atomic E-state index is 13.5. The van der Waals surface area contributed by atoms with Crippen molar-refractivity contribution in [3.8, 4) is 5.75 Å². The molecule has 2 unspecified atom stereocenters. The highest BCUT2D eigenvalue weighted by atomic mass is 19.1. The van der Waals surface area contributed by atoms with E-state index in [1.54, 1.807) is 16.8 Å². The second-order valence-corrected chi connectivity index (χ2v) is 9.99. The first-order chi connectivity index (χ1) is 19.1. The van der Waals surface area contributed by atoms with Crippen molar-refractivity contribution >= 4 is 16.6 Å². The van der Waals surface area contributed by atoms with Gasteiger partial charge in [-0.2, -0.15) is 0 Å². The fourth-order valence-corrected chi connectivity index (χ4v) is 5.57. The molecule has 2 atom stereocenters. The molecule has 39 heavy (non-hydrogen) atoms. The number of nitrogens with one attached hydrogen (secondary N) is 1. The molecular formula is C28H32FN7O3. The summed E-state index contributed by atoms with van der Waals surface area (Å²) in [6.45, 7) is 6.55. The average molecular weight is 534 g/mol. The lowest BCUT2D eigenvalue weighted by Crippen LogP contribution is -2.49. The zero-order chi connectivity index (χ0) is 26.8. The Balaban J connectivity index is 1.36. The van der Waals surface area contributed by atoms with Crippen molar-refractivity contribution in [1.82, 2.24) is 30.1 Å². The van der Waals surface area contributed by atoms with E-state index in [9.17, 15) is 9.18 Å². The highest BCUT2D eigenvalue weighted by Gasteiger charge is 2.33. The van der Waals surface area contributed by atoms with E-state index in [4.69, 9.17) is 9.47 Å². The molecule has 0 bridgehead atoms. The molecule has 2 aliphatic heterocycles. The van der Waals surface area contributed by atoms with E-state index in [2.05, 4.69) is 30.3 Å². The highest BCUT2D eigenvalue weighted by molar-refractivity contribution is 5.80. The van der Waals surface area contributed by atoms with Crippen molar-refractivity contribution in [2.75, 3.05) is 44.3 Å². The van der Waals surface area contributed by atoms with Gasteiger partial charge < -0.3 is 19.4 Å².